The van der Waals surface area contributed by atoms with Crippen molar-refractivity contribution in [1.29, 1.82) is 0 Å². The van der Waals surface area contributed by atoms with E-state index in [4.69, 9.17) is 0 Å². The second-order valence-corrected chi connectivity index (χ2v) is 7.08. The molecular weight excluding hydrogens is 300 g/mol. The van der Waals surface area contributed by atoms with E-state index in [-0.39, 0.29) is 0 Å². The summed E-state index contributed by atoms with van der Waals surface area (Å²) >= 11 is 1.89. The predicted molar refractivity (Wildman–Crippen MR) is 101 cm³/mol. The van der Waals surface area contributed by atoms with Crippen LogP contribution in [0.4, 0.5) is 0 Å². The van der Waals surface area contributed by atoms with Crippen molar-refractivity contribution in [2.45, 2.75) is 25.3 Å². The fourth-order valence-corrected chi connectivity index (χ4v) is 4.04. The zero-order chi connectivity index (χ0) is 15.7. The van der Waals surface area contributed by atoms with Crippen molar-refractivity contribution in [3.05, 3.63) is 64.4 Å². The molecule has 2 aromatic rings. The van der Waals surface area contributed by atoms with Gasteiger partial charge in [0.25, 0.3) is 0 Å². The maximum absolute atomic E-state index is 3.62. The van der Waals surface area contributed by atoms with Gasteiger partial charge >= 0.3 is 0 Å². The SMILES string of the molecule is C(=C\c1ccccc1)/CNCC(c1cccs1)N1CCCCC1. The second kappa shape index (κ2) is 9.02. The molecule has 0 bridgehead atoms. The zero-order valence-corrected chi connectivity index (χ0v) is 14.5. The summed E-state index contributed by atoms with van der Waals surface area (Å²) < 4.78 is 0. The molecule has 1 atom stereocenters. The van der Waals surface area contributed by atoms with Crippen LogP contribution < -0.4 is 5.32 Å². The van der Waals surface area contributed by atoms with Gasteiger partial charge in [-0.1, -0.05) is 55.0 Å². The van der Waals surface area contributed by atoms with Crippen molar-refractivity contribution in [3.63, 3.8) is 0 Å². The van der Waals surface area contributed by atoms with Crippen molar-refractivity contribution in [3.8, 4) is 0 Å². The van der Waals surface area contributed by atoms with Crippen LogP contribution in [0.5, 0.6) is 0 Å². The molecule has 1 saturated heterocycles. The van der Waals surface area contributed by atoms with E-state index in [1.807, 2.05) is 11.3 Å². The molecule has 0 saturated carbocycles. The number of hydrogen-bond donors (Lipinski definition) is 1. The van der Waals surface area contributed by atoms with Gasteiger partial charge in [0.1, 0.15) is 0 Å². The van der Waals surface area contributed by atoms with Crippen LogP contribution in [0.25, 0.3) is 6.08 Å². The molecule has 1 fully saturated rings. The number of piperidine rings is 1. The highest BCUT2D eigenvalue weighted by Gasteiger charge is 2.22. The zero-order valence-electron chi connectivity index (χ0n) is 13.7. The Hall–Kier alpha value is -1.42. The Labute approximate surface area is 143 Å². The van der Waals surface area contributed by atoms with Crippen LogP contribution in [0, 0.1) is 0 Å². The van der Waals surface area contributed by atoms with Gasteiger partial charge in [-0.3, -0.25) is 4.90 Å². The highest BCUT2D eigenvalue weighted by atomic mass is 32.1. The average Bonchev–Trinajstić information content (AvgIpc) is 3.14. The molecule has 2 nitrogen and oxygen atoms in total. The Morgan fingerprint density at radius 3 is 2.61 bits per heavy atom. The van der Waals surface area contributed by atoms with Gasteiger partial charge in [-0.2, -0.15) is 0 Å². The van der Waals surface area contributed by atoms with Gasteiger partial charge in [0.2, 0.25) is 0 Å². The first-order valence-electron chi connectivity index (χ1n) is 8.63. The molecule has 3 rings (SSSR count). The molecule has 1 aromatic heterocycles. The Morgan fingerprint density at radius 2 is 1.87 bits per heavy atom. The van der Waals surface area contributed by atoms with Crippen LogP contribution in [0.1, 0.15) is 35.7 Å². The van der Waals surface area contributed by atoms with Crippen LogP contribution >= 0.6 is 11.3 Å². The summed E-state index contributed by atoms with van der Waals surface area (Å²) in [4.78, 5) is 4.15. The third kappa shape index (κ3) is 5.03. The molecule has 2 heterocycles. The lowest BCUT2D eigenvalue weighted by Gasteiger charge is -2.34. The molecule has 1 aromatic carbocycles. The molecule has 0 aliphatic carbocycles. The first kappa shape index (κ1) is 16.4. The number of nitrogens with zero attached hydrogens (tertiary/aromatic N) is 1. The Kier molecular flexibility index (Phi) is 6.44. The minimum atomic E-state index is 0.528. The van der Waals surface area contributed by atoms with Gasteiger partial charge in [-0.25, -0.2) is 0 Å². The second-order valence-electron chi connectivity index (χ2n) is 6.10. The highest BCUT2D eigenvalue weighted by molar-refractivity contribution is 7.10. The maximum atomic E-state index is 3.62. The summed E-state index contributed by atoms with van der Waals surface area (Å²) in [5.41, 5.74) is 1.26. The highest BCUT2D eigenvalue weighted by Crippen LogP contribution is 2.27. The quantitative estimate of drug-likeness (QED) is 0.749. The molecule has 1 aliphatic heterocycles. The third-order valence-corrected chi connectivity index (χ3v) is 5.39. The minimum Gasteiger partial charge on any atom is -0.311 e. The standard InChI is InChI=1S/C20H26N2S/c1-3-9-18(10-4-1)11-7-13-21-17-19(20-12-8-16-23-20)22-14-5-2-6-15-22/h1,3-4,7-12,16,19,21H,2,5-6,13-15,17H2/b11-7+. The van der Waals surface area contributed by atoms with Crippen LogP contribution in [0.2, 0.25) is 0 Å². The van der Waals surface area contributed by atoms with Gasteiger partial charge in [0, 0.05) is 18.0 Å². The number of rotatable bonds is 7. The van der Waals surface area contributed by atoms with Gasteiger partial charge in [-0.15, -0.1) is 11.3 Å². The molecule has 1 unspecified atom stereocenters. The van der Waals surface area contributed by atoms with Crippen LogP contribution in [-0.4, -0.2) is 31.1 Å². The lowest BCUT2D eigenvalue weighted by molar-refractivity contribution is 0.163. The monoisotopic (exact) mass is 326 g/mol. The van der Waals surface area contributed by atoms with Crippen LogP contribution in [0.15, 0.2) is 53.9 Å². The summed E-state index contributed by atoms with van der Waals surface area (Å²) in [6.45, 7) is 4.43. The summed E-state index contributed by atoms with van der Waals surface area (Å²) in [5, 5.41) is 5.82. The summed E-state index contributed by atoms with van der Waals surface area (Å²) in [6, 6.07) is 15.5. The van der Waals surface area contributed by atoms with E-state index in [1.165, 1.54) is 42.8 Å². The van der Waals surface area contributed by atoms with E-state index in [0.29, 0.717) is 6.04 Å². The van der Waals surface area contributed by atoms with Crippen molar-refractivity contribution in [1.82, 2.24) is 10.2 Å². The van der Waals surface area contributed by atoms with Crippen molar-refractivity contribution < 1.29 is 0 Å². The topological polar surface area (TPSA) is 15.3 Å². The van der Waals surface area contributed by atoms with E-state index in [9.17, 15) is 0 Å². The summed E-state index contributed by atoms with van der Waals surface area (Å²) in [5.74, 6) is 0. The molecular formula is C20H26N2S. The minimum absolute atomic E-state index is 0.528. The van der Waals surface area contributed by atoms with Crippen LogP contribution in [0.3, 0.4) is 0 Å². The van der Waals surface area contributed by atoms with Crippen LogP contribution in [-0.2, 0) is 0 Å². The van der Waals surface area contributed by atoms with Crippen molar-refractivity contribution in [2.24, 2.45) is 0 Å². The smallest absolute Gasteiger partial charge is 0.0566 e. The Bertz CT molecular complexity index is 571. The number of thiophene rings is 1. The summed E-state index contributed by atoms with van der Waals surface area (Å²) in [6.07, 6.45) is 8.48. The molecule has 122 valence electrons. The normalized spacial score (nSPS) is 17.6. The fourth-order valence-electron chi connectivity index (χ4n) is 3.18. The van der Waals surface area contributed by atoms with E-state index < -0.39 is 0 Å². The number of hydrogen-bond acceptors (Lipinski definition) is 3. The van der Waals surface area contributed by atoms with E-state index >= 15 is 0 Å². The first-order chi connectivity index (χ1) is 11.4. The van der Waals surface area contributed by atoms with Gasteiger partial charge in [-0.05, 0) is 42.9 Å². The first-order valence-corrected chi connectivity index (χ1v) is 9.51. The number of benzene rings is 1. The van der Waals surface area contributed by atoms with E-state index in [0.717, 1.165) is 13.1 Å². The van der Waals surface area contributed by atoms with Gasteiger partial charge in [0.15, 0.2) is 0 Å². The lowest BCUT2D eigenvalue weighted by Crippen LogP contribution is -2.38. The van der Waals surface area contributed by atoms with E-state index in [1.54, 1.807) is 0 Å². The maximum Gasteiger partial charge on any atom is 0.0566 e. The van der Waals surface area contributed by atoms with Gasteiger partial charge < -0.3 is 5.32 Å². The predicted octanol–water partition coefficient (Wildman–Crippen LogP) is 4.58. The average molecular weight is 327 g/mol. The molecule has 0 radical (unpaired) electrons. The Balaban J connectivity index is 1.51. The summed E-state index contributed by atoms with van der Waals surface area (Å²) in [7, 11) is 0. The number of nitrogens with one attached hydrogen (secondary N) is 1. The number of likely N-dealkylation sites (tertiary alicyclic amines) is 1. The van der Waals surface area contributed by atoms with Gasteiger partial charge in [0.05, 0.1) is 6.04 Å². The molecule has 0 amide bonds. The molecule has 1 aliphatic rings. The largest absolute Gasteiger partial charge is 0.311 e. The van der Waals surface area contributed by atoms with Crippen molar-refractivity contribution >= 4 is 17.4 Å². The van der Waals surface area contributed by atoms with E-state index in [2.05, 4.69) is 70.2 Å². The third-order valence-electron chi connectivity index (χ3n) is 4.41. The Morgan fingerprint density at radius 1 is 1.04 bits per heavy atom. The molecule has 23 heavy (non-hydrogen) atoms. The molecule has 3 heteroatoms. The fraction of sp³-hybridized carbons (Fsp3) is 0.400. The van der Waals surface area contributed by atoms with Crippen molar-refractivity contribution in [2.75, 3.05) is 26.2 Å². The molecule has 0 spiro atoms. The lowest BCUT2D eigenvalue weighted by atomic mass is 10.1. The molecule has 1 N–H and O–H groups in total.